The van der Waals surface area contributed by atoms with E-state index in [-0.39, 0.29) is 17.7 Å². The number of carbonyl (C=O) groups excluding carboxylic acids is 2. The van der Waals surface area contributed by atoms with E-state index in [1.54, 1.807) is 18.2 Å². The van der Waals surface area contributed by atoms with Crippen LogP contribution in [-0.2, 0) is 4.79 Å². The molecule has 1 rings (SSSR count). The van der Waals surface area contributed by atoms with Crippen molar-refractivity contribution in [1.82, 2.24) is 10.9 Å². The zero-order valence-corrected chi connectivity index (χ0v) is 11.9. The zero-order valence-electron chi connectivity index (χ0n) is 11.9. The van der Waals surface area contributed by atoms with Crippen molar-refractivity contribution in [3.8, 4) is 0 Å². The Morgan fingerprint density at radius 2 is 1.95 bits per heavy atom. The molecule has 2 amide bonds. The van der Waals surface area contributed by atoms with Gasteiger partial charge in [0, 0.05) is 31.3 Å². The summed E-state index contributed by atoms with van der Waals surface area (Å²) in [5, 5.41) is 0. The van der Waals surface area contributed by atoms with Crippen molar-refractivity contribution in [2.75, 3.05) is 19.0 Å². The van der Waals surface area contributed by atoms with Crippen LogP contribution in [0.25, 0.3) is 0 Å². The van der Waals surface area contributed by atoms with E-state index in [4.69, 9.17) is 0 Å². The van der Waals surface area contributed by atoms with Crippen molar-refractivity contribution in [2.24, 2.45) is 5.92 Å². The van der Waals surface area contributed by atoms with E-state index < -0.39 is 0 Å². The Bertz CT molecular complexity index is 458. The largest absolute Gasteiger partial charge is 0.378 e. The van der Waals surface area contributed by atoms with Crippen LogP contribution in [0.2, 0.25) is 0 Å². The number of hydrazine groups is 1. The van der Waals surface area contributed by atoms with Crippen LogP contribution in [0.15, 0.2) is 24.3 Å². The molecule has 0 aliphatic carbocycles. The standard InChI is InChI=1S/C14H21N3O2/c1-5-10(2)13(18)15-16-14(19)11-7-6-8-12(9-11)17(3)4/h6-10H,5H2,1-4H3,(H,15,18)(H,16,19). The van der Waals surface area contributed by atoms with Gasteiger partial charge < -0.3 is 4.90 Å². The minimum absolute atomic E-state index is 0.117. The number of nitrogens with zero attached hydrogens (tertiary/aromatic N) is 1. The van der Waals surface area contributed by atoms with Gasteiger partial charge in [0.2, 0.25) is 5.91 Å². The molecule has 1 aromatic rings. The minimum atomic E-state index is -0.319. The number of benzene rings is 1. The van der Waals surface area contributed by atoms with E-state index in [9.17, 15) is 9.59 Å². The molecule has 104 valence electrons. The highest BCUT2D eigenvalue weighted by Gasteiger charge is 2.12. The molecule has 0 radical (unpaired) electrons. The van der Waals surface area contributed by atoms with E-state index in [0.29, 0.717) is 5.56 Å². The average Bonchev–Trinajstić information content (AvgIpc) is 2.43. The fourth-order valence-electron chi connectivity index (χ4n) is 1.42. The molecule has 1 atom stereocenters. The smallest absolute Gasteiger partial charge is 0.269 e. The highest BCUT2D eigenvalue weighted by Crippen LogP contribution is 2.13. The summed E-state index contributed by atoms with van der Waals surface area (Å²) in [4.78, 5) is 25.4. The fraction of sp³-hybridized carbons (Fsp3) is 0.429. The maximum absolute atomic E-state index is 11.9. The van der Waals surface area contributed by atoms with Crippen molar-refractivity contribution < 1.29 is 9.59 Å². The summed E-state index contributed by atoms with van der Waals surface area (Å²) in [6.07, 6.45) is 0.734. The second-order valence-electron chi connectivity index (χ2n) is 4.70. The van der Waals surface area contributed by atoms with E-state index in [1.807, 2.05) is 38.9 Å². The Morgan fingerprint density at radius 1 is 1.26 bits per heavy atom. The van der Waals surface area contributed by atoms with Crippen molar-refractivity contribution >= 4 is 17.5 Å². The first-order valence-electron chi connectivity index (χ1n) is 6.33. The van der Waals surface area contributed by atoms with Crippen LogP contribution >= 0.6 is 0 Å². The molecule has 5 heteroatoms. The lowest BCUT2D eigenvalue weighted by molar-refractivity contribution is -0.125. The van der Waals surface area contributed by atoms with Crippen LogP contribution in [0.5, 0.6) is 0 Å². The van der Waals surface area contributed by atoms with E-state index in [1.165, 1.54) is 0 Å². The van der Waals surface area contributed by atoms with Gasteiger partial charge in [-0.05, 0) is 24.6 Å². The number of anilines is 1. The van der Waals surface area contributed by atoms with Gasteiger partial charge >= 0.3 is 0 Å². The normalized spacial score (nSPS) is 11.6. The predicted octanol–water partition coefficient (Wildman–Crippen LogP) is 1.56. The molecular weight excluding hydrogens is 242 g/mol. The highest BCUT2D eigenvalue weighted by atomic mass is 16.2. The molecule has 2 N–H and O–H groups in total. The van der Waals surface area contributed by atoms with Crippen molar-refractivity contribution in [3.05, 3.63) is 29.8 Å². The lowest BCUT2D eigenvalue weighted by Crippen LogP contribution is -2.43. The first kappa shape index (κ1) is 15.0. The lowest BCUT2D eigenvalue weighted by Gasteiger charge is -2.14. The summed E-state index contributed by atoms with van der Waals surface area (Å²) in [5.41, 5.74) is 6.29. The van der Waals surface area contributed by atoms with Gasteiger partial charge in [-0.2, -0.15) is 0 Å². The van der Waals surface area contributed by atoms with Crippen molar-refractivity contribution in [1.29, 1.82) is 0 Å². The third kappa shape index (κ3) is 4.28. The van der Waals surface area contributed by atoms with Gasteiger partial charge in [0.25, 0.3) is 5.91 Å². The molecule has 1 unspecified atom stereocenters. The molecule has 0 heterocycles. The van der Waals surface area contributed by atoms with Crippen LogP contribution in [0, 0.1) is 5.92 Å². The number of hydrogen-bond acceptors (Lipinski definition) is 3. The Balaban J connectivity index is 2.63. The average molecular weight is 263 g/mol. The van der Waals surface area contributed by atoms with E-state index >= 15 is 0 Å². The van der Waals surface area contributed by atoms with Crippen molar-refractivity contribution in [3.63, 3.8) is 0 Å². The number of carbonyl (C=O) groups is 2. The molecule has 0 aliphatic heterocycles. The summed E-state index contributed by atoms with van der Waals surface area (Å²) in [7, 11) is 3.81. The molecule has 0 saturated carbocycles. The third-order valence-corrected chi connectivity index (χ3v) is 2.98. The Labute approximate surface area is 114 Å². The van der Waals surface area contributed by atoms with Crippen LogP contribution in [-0.4, -0.2) is 25.9 Å². The second kappa shape index (κ2) is 6.78. The lowest BCUT2D eigenvalue weighted by atomic mass is 10.1. The van der Waals surface area contributed by atoms with E-state index in [2.05, 4.69) is 10.9 Å². The van der Waals surface area contributed by atoms with Crippen LogP contribution < -0.4 is 15.8 Å². The number of hydrogen-bond donors (Lipinski definition) is 2. The fourth-order valence-corrected chi connectivity index (χ4v) is 1.42. The van der Waals surface area contributed by atoms with Gasteiger partial charge in [-0.1, -0.05) is 19.9 Å². The Hall–Kier alpha value is -2.04. The monoisotopic (exact) mass is 263 g/mol. The minimum Gasteiger partial charge on any atom is -0.378 e. The van der Waals surface area contributed by atoms with Gasteiger partial charge in [0.05, 0.1) is 0 Å². The summed E-state index contributed by atoms with van der Waals surface area (Å²) in [6.45, 7) is 3.74. The molecule has 0 saturated heterocycles. The summed E-state index contributed by atoms with van der Waals surface area (Å²) >= 11 is 0. The maximum atomic E-state index is 11.9. The summed E-state index contributed by atoms with van der Waals surface area (Å²) < 4.78 is 0. The molecule has 0 spiro atoms. The topological polar surface area (TPSA) is 61.4 Å². The predicted molar refractivity (Wildman–Crippen MR) is 75.8 cm³/mol. The second-order valence-corrected chi connectivity index (χ2v) is 4.70. The zero-order chi connectivity index (χ0) is 14.4. The molecule has 0 fully saturated rings. The first-order valence-corrected chi connectivity index (χ1v) is 6.33. The van der Waals surface area contributed by atoms with Gasteiger partial charge in [-0.15, -0.1) is 0 Å². The Morgan fingerprint density at radius 3 is 2.53 bits per heavy atom. The maximum Gasteiger partial charge on any atom is 0.269 e. The van der Waals surface area contributed by atoms with E-state index in [0.717, 1.165) is 12.1 Å². The molecule has 0 bridgehead atoms. The molecule has 19 heavy (non-hydrogen) atoms. The van der Waals surface area contributed by atoms with Crippen LogP contribution in [0.3, 0.4) is 0 Å². The van der Waals surface area contributed by atoms with Gasteiger partial charge in [-0.25, -0.2) is 0 Å². The highest BCUT2D eigenvalue weighted by molar-refractivity contribution is 5.96. The molecule has 0 aliphatic rings. The van der Waals surface area contributed by atoms with Gasteiger partial charge in [0.15, 0.2) is 0 Å². The first-order chi connectivity index (χ1) is 8.95. The van der Waals surface area contributed by atoms with Gasteiger partial charge in [0.1, 0.15) is 0 Å². The van der Waals surface area contributed by atoms with Crippen LogP contribution in [0.1, 0.15) is 30.6 Å². The molecule has 1 aromatic carbocycles. The Kier molecular flexibility index (Phi) is 5.36. The third-order valence-electron chi connectivity index (χ3n) is 2.98. The quantitative estimate of drug-likeness (QED) is 0.810. The number of nitrogens with one attached hydrogen (secondary N) is 2. The number of amides is 2. The molecular formula is C14H21N3O2. The molecule has 0 aromatic heterocycles. The number of rotatable bonds is 4. The SMILES string of the molecule is CCC(C)C(=O)NNC(=O)c1cccc(N(C)C)c1. The molecule has 5 nitrogen and oxygen atoms in total. The van der Waals surface area contributed by atoms with Crippen LogP contribution in [0.4, 0.5) is 5.69 Å². The van der Waals surface area contributed by atoms with Gasteiger partial charge in [-0.3, -0.25) is 20.4 Å². The van der Waals surface area contributed by atoms with Crippen molar-refractivity contribution in [2.45, 2.75) is 20.3 Å². The summed E-state index contributed by atoms with van der Waals surface area (Å²) in [6, 6.07) is 7.19. The summed E-state index contributed by atoms with van der Waals surface area (Å²) in [5.74, 6) is -0.617.